The van der Waals surface area contributed by atoms with E-state index in [-0.39, 0.29) is 0 Å². The molecular formula is C13H26N2O. The predicted molar refractivity (Wildman–Crippen MR) is 66.7 cm³/mol. The van der Waals surface area contributed by atoms with E-state index >= 15 is 0 Å². The van der Waals surface area contributed by atoms with Crippen LogP contribution >= 0.6 is 0 Å². The highest BCUT2D eigenvalue weighted by molar-refractivity contribution is 4.87. The molecule has 0 spiro atoms. The quantitative estimate of drug-likeness (QED) is 0.742. The van der Waals surface area contributed by atoms with Crippen molar-refractivity contribution in [2.24, 2.45) is 5.92 Å². The Balaban J connectivity index is 1.77. The smallest absolute Gasteiger partial charge is 0.0670 e. The van der Waals surface area contributed by atoms with Crippen molar-refractivity contribution >= 4 is 0 Å². The van der Waals surface area contributed by atoms with Crippen LogP contribution in [-0.4, -0.2) is 50.3 Å². The van der Waals surface area contributed by atoms with E-state index in [4.69, 9.17) is 4.74 Å². The Kier molecular flexibility index (Phi) is 4.62. The largest absolute Gasteiger partial charge is 0.380 e. The third-order valence-corrected chi connectivity index (χ3v) is 3.85. The molecule has 2 unspecified atom stereocenters. The molecule has 1 saturated carbocycles. The summed E-state index contributed by atoms with van der Waals surface area (Å²) in [6.07, 6.45) is 5.92. The Morgan fingerprint density at radius 3 is 2.75 bits per heavy atom. The summed E-state index contributed by atoms with van der Waals surface area (Å²) in [7, 11) is 1.82. The van der Waals surface area contributed by atoms with E-state index in [1.807, 2.05) is 7.11 Å². The number of nitrogens with one attached hydrogen (secondary N) is 1. The van der Waals surface area contributed by atoms with Gasteiger partial charge in [0.1, 0.15) is 0 Å². The standard InChI is InChI=1S/C13H26N2O/c1-11(16-2)9-15(13-5-6-13)10-12-4-3-7-14-8-12/h11-14H,3-10H2,1-2H3. The summed E-state index contributed by atoms with van der Waals surface area (Å²) in [6.45, 7) is 6.98. The van der Waals surface area contributed by atoms with Gasteiger partial charge in [-0.3, -0.25) is 4.90 Å². The molecule has 1 saturated heterocycles. The molecule has 1 aliphatic carbocycles. The van der Waals surface area contributed by atoms with Gasteiger partial charge in [0.15, 0.2) is 0 Å². The topological polar surface area (TPSA) is 24.5 Å². The van der Waals surface area contributed by atoms with Crippen molar-refractivity contribution in [2.75, 3.05) is 33.3 Å². The molecule has 3 heteroatoms. The molecule has 2 fully saturated rings. The van der Waals surface area contributed by atoms with Crippen LogP contribution in [-0.2, 0) is 4.74 Å². The van der Waals surface area contributed by atoms with E-state index in [1.54, 1.807) is 0 Å². The van der Waals surface area contributed by atoms with Gasteiger partial charge < -0.3 is 10.1 Å². The normalized spacial score (nSPS) is 28.3. The first-order valence-corrected chi connectivity index (χ1v) is 6.77. The molecule has 1 heterocycles. The SMILES string of the molecule is COC(C)CN(CC1CCCNC1)C1CC1. The second-order valence-electron chi connectivity index (χ2n) is 5.44. The molecule has 16 heavy (non-hydrogen) atoms. The summed E-state index contributed by atoms with van der Waals surface area (Å²) >= 11 is 0. The highest BCUT2D eigenvalue weighted by Crippen LogP contribution is 2.28. The molecule has 2 atom stereocenters. The molecule has 2 rings (SSSR count). The lowest BCUT2D eigenvalue weighted by Gasteiger charge is -2.31. The van der Waals surface area contributed by atoms with Gasteiger partial charge in [-0.25, -0.2) is 0 Å². The monoisotopic (exact) mass is 226 g/mol. The average molecular weight is 226 g/mol. The van der Waals surface area contributed by atoms with Crippen LogP contribution in [0, 0.1) is 5.92 Å². The lowest BCUT2D eigenvalue weighted by Crippen LogP contribution is -2.42. The fraction of sp³-hybridized carbons (Fsp3) is 1.00. The van der Waals surface area contributed by atoms with Gasteiger partial charge >= 0.3 is 0 Å². The third kappa shape index (κ3) is 3.72. The first-order valence-electron chi connectivity index (χ1n) is 6.77. The molecule has 0 radical (unpaired) electrons. The fourth-order valence-electron chi connectivity index (χ4n) is 2.63. The Morgan fingerprint density at radius 2 is 2.19 bits per heavy atom. The molecule has 0 amide bonds. The number of nitrogens with zero attached hydrogens (tertiary/aromatic N) is 1. The van der Waals surface area contributed by atoms with E-state index in [0.29, 0.717) is 6.10 Å². The van der Waals surface area contributed by atoms with Gasteiger partial charge in [0.25, 0.3) is 0 Å². The maximum Gasteiger partial charge on any atom is 0.0670 e. The van der Waals surface area contributed by atoms with E-state index in [1.165, 1.54) is 45.3 Å². The number of rotatable bonds is 6. The van der Waals surface area contributed by atoms with Crippen molar-refractivity contribution in [2.45, 2.75) is 44.8 Å². The molecule has 94 valence electrons. The van der Waals surface area contributed by atoms with Gasteiger partial charge in [0.2, 0.25) is 0 Å². The average Bonchev–Trinajstić information content (AvgIpc) is 3.13. The highest BCUT2D eigenvalue weighted by Gasteiger charge is 2.31. The third-order valence-electron chi connectivity index (χ3n) is 3.85. The molecule has 2 aliphatic rings. The van der Waals surface area contributed by atoms with Crippen molar-refractivity contribution in [1.29, 1.82) is 0 Å². The van der Waals surface area contributed by atoms with Gasteiger partial charge in [0.05, 0.1) is 6.10 Å². The molecule has 0 aromatic heterocycles. The van der Waals surface area contributed by atoms with Crippen LogP contribution in [0.2, 0.25) is 0 Å². The maximum absolute atomic E-state index is 5.39. The van der Waals surface area contributed by atoms with Crippen LogP contribution in [0.25, 0.3) is 0 Å². The van der Waals surface area contributed by atoms with Crippen molar-refractivity contribution < 1.29 is 4.74 Å². The summed E-state index contributed by atoms with van der Waals surface area (Å²) in [4.78, 5) is 2.66. The minimum Gasteiger partial charge on any atom is -0.380 e. The van der Waals surface area contributed by atoms with Crippen LogP contribution in [0.5, 0.6) is 0 Å². The molecule has 0 aromatic carbocycles. The molecule has 1 aliphatic heterocycles. The first kappa shape index (κ1) is 12.3. The van der Waals surface area contributed by atoms with E-state index in [0.717, 1.165) is 18.5 Å². The van der Waals surface area contributed by atoms with Gasteiger partial charge in [-0.15, -0.1) is 0 Å². The van der Waals surface area contributed by atoms with Crippen LogP contribution in [0.15, 0.2) is 0 Å². The van der Waals surface area contributed by atoms with Crippen LogP contribution in [0.4, 0.5) is 0 Å². The first-order chi connectivity index (χ1) is 7.79. The highest BCUT2D eigenvalue weighted by atomic mass is 16.5. The Hall–Kier alpha value is -0.120. The van der Waals surface area contributed by atoms with E-state index in [2.05, 4.69) is 17.1 Å². The predicted octanol–water partition coefficient (Wildman–Crippen LogP) is 1.49. The molecular weight excluding hydrogens is 200 g/mol. The Bertz CT molecular complexity index is 200. The van der Waals surface area contributed by atoms with Crippen LogP contribution < -0.4 is 5.32 Å². The Labute approximate surface area is 99.5 Å². The van der Waals surface area contributed by atoms with Crippen molar-refractivity contribution in [1.82, 2.24) is 10.2 Å². The second kappa shape index (κ2) is 5.99. The van der Waals surface area contributed by atoms with Crippen molar-refractivity contribution in [3.63, 3.8) is 0 Å². The van der Waals surface area contributed by atoms with Gasteiger partial charge in [-0.1, -0.05) is 0 Å². The summed E-state index contributed by atoms with van der Waals surface area (Å²) in [5.41, 5.74) is 0. The maximum atomic E-state index is 5.39. The molecule has 1 N–H and O–H groups in total. The van der Waals surface area contributed by atoms with Gasteiger partial charge in [0, 0.05) is 26.2 Å². The zero-order valence-electron chi connectivity index (χ0n) is 10.7. The molecule has 3 nitrogen and oxygen atoms in total. The fourth-order valence-corrected chi connectivity index (χ4v) is 2.63. The van der Waals surface area contributed by atoms with Crippen molar-refractivity contribution in [3.8, 4) is 0 Å². The summed E-state index contributed by atoms with van der Waals surface area (Å²) in [5.74, 6) is 0.860. The molecule has 0 bridgehead atoms. The number of hydrogen-bond donors (Lipinski definition) is 1. The zero-order valence-corrected chi connectivity index (χ0v) is 10.7. The number of methoxy groups -OCH3 is 1. The summed E-state index contributed by atoms with van der Waals surface area (Å²) in [5, 5.41) is 3.51. The lowest BCUT2D eigenvalue weighted by atomic mass is 9.99. The van der Waals surface area contributed by atoms with Crippen molar-refractivity contribution in [3.05, 3.63) is 0 Å². The second-order valence-corrected chi connectivity index (χ2v) is 5.44. The number of ether oxygens (including phenoxy) is 1. The summed E-state index contributed by atoms with van der Waals surface area (Å²) in [6, 6.07) is 0.861. The minimum atomic E-state index is 0.372. The Morgan fingerprint density at radius 1 is 1.38 bits per heavy atom. The van der Waals surface area contributed by atoms with Gasteiger partial charge in [-0.05, 0) is 51.6 Å². The van der Waals surface area contributed by atoms with E-state index < -0.39 is 0 Å². The lowest BCUT2D eigenvalue weighted by molar-refractivity contribution is 0.0655. The van der Waals surface area contributed by atoms with E-state index in [9.17, 15) is 0 Å². The van der Waals surface area contributed by atoms with Crippen LogP contribution in [0.3, 0.4) is 0 Å². The minimum absolute atomic E-state index is 0.372. The molecule has 0 aromatic rings. The summed E-state index contributed by atoms with van der Waals surface area (Å²) < 4.78 is 5.39. The van der Waals surface area contributed by atoms with Crippen LogP contribution in [0.1, 0.15) is 32.6 Å². The van der Waals surface area contributed by atoms with Gasteiger partial charge in [-0.2, -0.15) is 0 Å². The zero-order chi connectivity index (χ0) is 11.4. The number of piperidine rings is 1. The number of hydrogen-bond acceptors (Lipinski definition) is 3.